The molecule has 3 amide bonds. The Labute approximate surface area is 179 Å². The molecule has 1 aromatic heterocycles. The largest absolute Gasteiger partial charge is 0.459 e. The van der Waals surface area contributed by atoms with Gasteiger partial charge in [-0.3, -0.25) is 14.4 Å². The summed E-state index contributed by atoms with van der Waals surface area (Å²) in [4.78, 5) is 41.5. The van der Waals surface area contributed by atoms with Crippen molar-refractivity contribution in [1.29, 1.82) is 5.26 Å². The number of benzene rings is 2. The highest BCUT2D eigenvalue weighted by Gasteiger charge is 2.44. The predicted molar refractivity (Wildman–Crippen MR) is 112 cm³/mol. The van der Waals surface area contributed by atoms with E-state index < -0.39 is 23.8 Å². The molecule has 154 valence electrons. The molecule has 0 spiro atoms. The van der Waals surface area contributed by atoms with Crippen molar-refractivity contribution < 1.29 is 18.8 Å². The van der Waals surface area contributed by atoms with E-state index in [2.05, 4.69) is 0 Å². The number of carbonyl (C=O) groups excluding carboxylic acids is 3. The van der Waals surface area contributed by atoms with Crippen molar-refractivity contribution in [3.8, 4) is 6.07 Å². The van der Waals surface area contributed by atoms with Crippen LogP contribution < -0.4 is 4.90 Å². The SMILES string of the molecule is N#Cc1ccc(N2C(=O)CC(N(CCc3ccccc3)C(=O)c3ccco3)C2=O)cc1. The van der Waals surface area contributed by atoms with E-state index in [1.165, 1.54) is 17.2 Å². The van der Waals surface area contributed by atoms with Crippen molar-refractivity contribution in [3.05, 3.63) is 89.9 Å². The second-order valence-corrected chi connectivity index (χ2v) is 7.16. The fourth-order valence-corrected chi connectivity index (χ4v) is 3.65. The van der Waals surface area contributed by atoms with Crippen LogP contribution in [0, 0.1) is 11.3 Å². The lowest BCUT2D eigenvalue weighted by Gasteiger charge is -2.27. The van der Waals surface area contributed by atoms with E-state index in [-0.39, 0.29) is 18.7 Å². The second kappa shape index (κ2) is 8.67. The number of hydrogen-bond donors (Lipinski definition) is 0. The Balaban J connectivity index is 1.60. The minimum absolute atomic E-state index is 0.111. The summed E-state index contributed by atoms with van der Waals surface area (Å²) in [5.74, 6) is -1.18. The third-order valence-electron chi connectivity index (χ3n) is 5.23. The Bertz CT molecular complexity index is 1130. The van der Waals surface area contributed by atoms with E-state index in [4.69, 9.17) is 9.68 Å². The van der Waals surface area contributed by atoms with Crippen LogP contribution in [0.5, 0.6) is 0 Å². The smallest absolute Gasteiger partial charge is 0.290 e. The molecule has 4 rings (SSSR count). The third-order valence-corrected chi connectivity index (χ3v) is 5.23. The molecule has 3 aromatic rings. The second-order valence-electron chi connectivity index (χ2n) is 7.16. The number of anilines is 1. The topological polar surface area (TPSA) is 94.6 Å². The van der Waals surface area contributed by atoms with Crippen molar-refractivity contribution in [2.75, 3.05) is 11.4 Å². The Kier molecular flexibility index (Phi) is 5.63. The normalized spacial score (nSPS) is 15.7. The Hall–Kier alpha value is -4.18. The average Bonchev–Trinajstić information content (AvgIpc) is 3.43. The van der Waals surface area contributed by atoms with Crippen molar-refractivity contribution in [3.63, 3.8) is 0 Å². The van der Waals surface area contributed by atoms with E-state index in [1.54, 1.807) is 30.3 Å². The maximum absolute atomic E-state index is 13.2. The van der Waals surface area contributed by atoms with Crippen LogP contribution in [0.25, 0.3) is 0 Å². The fourth-order valence-electron chi connectivity index (χ4n) is 3.65. The Morgan fingerprint density at radius 3 is 2.45 bits per heavy atom. The molecule has 2 aromatic carbocycles. The number of nitrogens with zero attached hydrogens (tertiary/aromatic N) is 3. The number of nitriles is 1. The first-order chi connectivity index (χ1) is 15.1. The van der Waals surface area contributed by atoms with Gasteiger partial charge in [0, 0.05) is 6.54 Å². The molecule has 0 radical (unpaired) electrons. The standard InChI is InChI=1S/C24H19N3O4/c25-16-18-8-10-19(11-9-18)27-22(28)15-20(23(27)29)26(24(30)21-7-4-14-31-21)13-12-17-5-2-1-3-6-17/h1-11,14,20H,12-13,15H2. The summed E-state index contributed by atoms with van der Waals surface area (Å²) in [5.41, 5.74) is 1.82. The van der Waals surface area contributed by atoms with Crippen LogP contribution in [0.4, 0.5) is 5.69 Å². The lowest BCUT2D eigenvalue weighted by molar-refractivity contribution is -0.122. The van der Waals surface area contributed by atoms with Crippen molar-refractivity contribution in [2.24, 2.45) is 0 Å². The molecule has 1 aliphatic rings. The lowest BCUT2D eigenvalue weighted by atomic mass is 10.1. The molecular weight excluding hydrogens is 394 g/mol. The number of hydrogen-bond acceptors (Lipinski definition) is 5. The summed E-state index contributed by atoms with van der Waals surface area (Å²) in [5, 5.41) is 8.97. The average molecular weight is 413 g/mol. The highest BCUT2D eigenvalue weighted by atomic mass is 16.3. The zero-order valence-electron chi connectivity index (χ0n) is 16.6. The predicted octanol–water partition coefficient (Wildman–Crippen LogP) is 3.17. The summed E-state index contributed by atoms with van der Waals surface area (Å²) < 4.78 is 5.26. The minimum Gasteiger partial charge on any atom is -0.459 e. The van der Waals surface area contributed by atoms with E-state index in [0.29, 0.717) is 17.7 Å². The van der Waals surface area contributed by atoms with Gasteiger partial charge in [0.2, 0.25) is 5.91 Å². The fraction of sp³-hybridized carbons (Fsp3) is 0.167. The van der Waals surface area contributed by atoms with E-state index in [0.717, 1.165) is 10.5 Å². The molecule has 0 N–H and O–H groups in total. The van der Waals surface area contributed by atoms with Gasteiger partial charge in [-0.15, -0.1) is 0 Å². The number of carbonyl (C=O) groups is 3. The van der Waals surface area contributed by atoms with Crippen LogP contribution >= 0.6 is 0 Å². The van der Waals surface area contributed by atoms with Gasteiger partial charge in [-0.2, -0.15) is 5.26 Å². The maximum atomic E-state index is 13.2. The molecule has 1 fully saturated rings. The molecule has 0 saturated carbocycles. The van der Waals surface area contributed by atoms with Crippen molar-refractivity contribution in [2.45, 2.75) is 18.9 Å². The van der Waals surface area contributed by atoms with Gasteiger partial charge in [-0.25, -0.2) is 4.90 Å². The van der Waals surface area contributed by atoms with Gasteiger partial charge in [-0.05, 0) is 48.4 Å². The van der Waals surface area contributed by atoms with Gasteiger partial charge in [0.15, 0.2) is 5.76 Å². The maximum Gasteiger partial charge on any atom is 0.290 e. The monoisotopic (exact) mass is 413 g/mol. The number of furan rings is 1. The van der Waals surface area contributed by atoms with Crippen molar-refractivity contribution in [1.82, 2.24) is 4.90 Å². The first-order valence-corrected chi connectivity index (χ1v) is 9.84. The molecule has 7 heteroatoms. The summed E-state index contributed by atoms with van der Waals surface area (Å²) in [6, 6.07) is 20.0. The molecule has 1 atom stereocenters. The van der Waals surface area contributed by atoms with Gasteiger partial charge in [-0.1, -0.05) is 30.3 Å². The van der Waals surface area contributed by atoms with Crippen LogP contribution in [-0.2, 0) is 16.0 Å². The molecule has 31 heavy (non-hydrogen) atoms. The Morgan fingerprint density at radius 1 is 1.06 bits per heavy atom. The molecule has 1 aliphatic heterocycles. The number of rotatable bonds is 6. The molecule has 0 bridgehead atoms. The molecular formula is C24H19N3O4. The van der Waals surface area contributed by atoms with Crippen LogP contribution in [0.1, 0.15) is 28.1 Å². The number of imide groups is 1. The van der Waals surface area contributed by atoms with E-state index >= 15 is 0 Å². The molecule has 1 unspecified atom stereocenters. The summed E-state index contributed by atoms with van der Waals surface area (Å²) in [6.07, 6.45) is 1.81. The quantitative estimate of drug-likeness (QED) is 0.579. The summed E-state index contributed by atoms with van der Waals surface area (Å²) in [7, 11) is 0. The zero-order chi connectivity index (χ0) is 21.8. The van der Waals surface area contributed by atoms with Crippen LogP contribution in [0.2, 0.25) is 0 Å². The lowest BCUT2D eigenvalue weighted by Crippen LogP contribution is -2.46. The van der Waals surface area contributed by atoms with Crippen molar-refractivity contribution >= 4 is 23.4 Å². The molecule has 7 nitrogen and oxygen atoms in total. The zero-order valence-corrected chi connectivity index (χ0v) is 16.6. The van der Waals surface area contributed by atoms with Gasteiger partial charge < -0.3 is 9.32 Å². The van der Waals surface area contributed by atoms with Crippen LogP contribution in [0.3, 0.4) is 0 Å². The first kappa shape index (κ1) is 20.1. The van der Waals surface area contributed by atoms with Crippen LogP contribution in [0.15, 0.2) is 77.4 Å². The van der Waals surface area contributed by atoms with Gasteiger partial charge in [0.05, 0.1) is 30.0 Å². The van der Waals surface area contributed by atoms with Gasteiger partial charge in [0.25, 0.3) is 11.8 Å². The summed E-state index contributed by atoms with van der Waals surface area (Å²) in [6.45, 7) is 0.258. The highest BCUT2D eigenvalue weighted by Crippen LogP contribution is 2.27. The molecule has 1 saturated heterocycles. The Morgan fingerprint density at radius 2 is 1.81 bits per heavy atom. The van der Waals surface area contributed by atoms with Gasteiger partial charge >= 0.3 is 0 Å². The van der Waals surface area contributed by atoms with Crippen LogP contribution in [-0.4, -0.2) is 35.2 Å². The summed E-state index contributed by atoms with van der Waals surface area (Å²) >= 11 is 0. The molecule has 2 heterocycles. The van der Waals surface area contributed by atoms with Gasteiger partial charge in [0.1, 0.15) is 6.04 Å². The third kappa shape index (κ3) is 4.09. The highest BCUT2D eigenvalue weighted by molar-refractivity contribution is 6.23. The first-order valence-electron chi connectivity index (χ1n) is 9.84. The van der Waals surface area contributed by atoms with E-state index in [1.807, 2.05) is 36.4 Å². The van der Waals surface area contributed by atoms with E-state index in [9.17, 15) is 14.4 Å². The molecule has 0 aliphatic carbocycles. The minimum atomic E-state index is -0.926. The number of amides is 3.